The molecule has 3 rings (SSSR count). The molecule has 2 aromatic rings. The van der Waals surface area contributed by atoms with E-state index in [9.17, 15) is 0 Å². The molecule has 2 N–H and O–H groups in total. The van der Waals surface area contributed by atoms with E-state index in [0.29, 0.717) is 5.92 Å². The van der Waals surface area contributed by atoms with Crippen LogP contribution in [0.1, 0.15) is 35.7 Å². The number of aromatic amines is 1. The highest BCUT2D eigenvalue weighted by Gasteiger charge is 2.23. The van der Waals surface area contributed by atoms with Gasteiger partial charge in [0.05, 0.1) is 5.69 Å². The Hall–Kier alpha value is -1.61. The molecule has 3 heteroatoms. The second-order valence-electron chi connectivity index (χ2n) is 5.47. The van der Waals surface area contributed by atoms with E-state index in [4.69, 9.17) is 0 Å². The number of aromatic nitrogens is 2. The summed E-state index contributed by atoms with van der Waals surface area (Å²) in [5, 5.41) is 11.3. The van der Waals surface area contributed by atoms with Gasteiger partial charge in [-0.15, -0.1) is 0 Å². The van der Waals surface area contributed by atoms with Gasteiger partial charge in [-0.3, -0.25) is 5.10 Å². The van der Waals surface area contributed by atoms with Gasteiger partial charge in [0.25, 0.3) is 0 Å². The van der Waals surface area contributed by atoms with Gasteiger partial charge in [0.2, 0.25) is 0 Å². The van der Waals surface area contributed by atoms with Crippen molar-refractivity contribution in [1.82, 2.24) is 15.5 Å². The highest BCUT2D eigenvalue weighted by Crippen LogP contribution is 2.34. The highest BCUT2D eigenvalue weighted by molar-refractivity contribution is 5.72. The zero-order chi connectivity index (χ0) is 13.2. The molecule has 0 saturated carbocycles. The number of nitrogens with one attached hydrogen (secondary N) is 2. The lowest BCUT2D eigenvalue weighted by molar-refractivity contribution is 0.455. The van der Waals surface area contributed by atoms with Crippen molar-refractivity contribution in [3.63, 3.8) is 0 Å². The summed E-state index contributed by atoms with van der Waals surface area (Å²) in [4.78, 5) is 0. The predicted molar refractivity (Wildman–Crippen MR) is 78.3 cm³/mol. The first-order chi connectivity index (χ1) is 9.27. The number of benzene rings is 1. The minimum absolute atomic E-state index is 0.535. The molecule has 0 amide bonds. The third-order valence-corrected chi connectivity index (χ3v) is 4.07. The van der Waals surface area contributed by atoms with Crippen LogP contribution in [0.4, 0.5) is 0 Å². The van der Waals surface area contributed by atoms with E-state index in [1.807, 2.05) is 0 Å². The van der Waals surface area contributed by atoms with Crippen LogP contribution in [0.3, 0.4) is 0 Å². The maximum Gasteiger partial charge on any atom is 0.0746 e. The minimum Gasteiger partial charge on any atom is -0.316 e. The van der Waals surface area contributed by atoms with Gasteiger partial charge in [-0.05, 0) is 44.4 Å². The molecule has 0 aliphatic carbocycles. The fourth-order valence-corrected chi connectivity index (χ4v) is 3.02. The fourth-order valence-electron chi connectivity index (χ4n) is 3.02. The summed E-state index contributed by atoms with van der Waals surface area (Å²) in [6, 6.07) is 8.57. The van der Waals surface area contributed by atoms with Crippen LogP contribution in [0.15, 0.2) is 24.3 Å². The number of piperidine rings is 1. The summed E-state index contributed by atoms with van der Waals surface area (Å²) in [6.07, 6.45) is 2.47. The molecule has 1 aromatic carbocycles. The van der Waals surface area contributed by atoms with Crippen molar-refractivity contribution in [2.75, 3.05) is 13.1 Å². The van der Waals surface area contributed by atoms with Gasteiger partial charge in [0.1, 0.15) is 0 Å². The van der Waals surface area contributed by atoms with Crippen molar-refractivity contribution in [3.05, 3.63) is 41.2 Å². The monoisotopic (exact) mass is 255 g/mol. The normalized spacial score (nSPS) is 19.6. The van der Waals surface area contributed by atoms with Crippen LogP contribution in [0, 0.1) is 13.8 Å². The zero-order valence-corrected chi connectivity index (χ0v) is 11.7. The fraction of sp³-hybridized carbons (Fsp3) is 0.438. The van der Waals surface area contributed by atoms with Crippen molar-refractivity contribution in [2.45, 2.75) is 32.6 Å². The Morgan fingerprint density at radius 3 is 2.79 bits per heavy atom. The molecule has 3 nitrogen and oxygen atoms in total. The number of H-pyrrole nitrogens is 1. The Labute approximate surface area is 114 Å². The maximum absolute atomic E-state index is 4.59. The molecule has 19 heavy (non-hydrogen) atoms. The summed E-state index contributed by atoms with van der Waals surface area (Å²) in [5.41, 5.74) is 6.35. The van der Waals surface area contributed by atoms with Gasteiger partial charge >= 0.3 is 0 Å². The first-order valence-corrected chi connectivity index (χ1v) is 7.09. The minimum atomic E-state index is 0.535. The molecule has 0 radical (unpaired) electrons. The molecule has 0 bridgehead atoms. The van der Waals surface area contributed by atoms with Crippen LogP contribution in [0.25, 0.3) is 11.1 Å². The molecule has 2 heterocycles. The van der Waals surface area contributed by atoms with Crippen LogP contribution in [-0.2, 0) is 0 Å². The molecule has 0 spiro atoms. The number of rotatable bonds is 2. The van der Waals surface area contributed by atoms with Crippen molar-refractivity contribution >= 4 is 0 Å². The predicted octanol–water partition coefficient (Wildman–Crippen LogP) is 3.16. The lowest BCUT2D eigenvalue weighted by Crippen LogP contribution is -2.28. The maximum atomic E-state index is 4.59. The Morgan fingerprint density at radius 1 is 1.21 bits per heavy atom. The Balaban J connectivity index is 2.06. The van der Waals surface area contributed by atoms with Crippen LogP contribution in [0.5, 0.6) is 0 Å². The molecular formula is C16H21N3. The largest absolute Gasteiger partial charge is 0.316 e. The third kappa shape index (κ3) is 2.30. The Morgan fingerprint density at radius 2 is 2.05 bits per heavy atom. The van der Waals surface area contributed by atoms with Gasteiger partial charge < -0.3 is 5.32 Å². The van der Waals surface area contributed by atoms with Gasteiger partial charge in [0, 0.05) is 23.7 Å². The van der Waals surface area contributed by atoms with Gasteiger partial charge in [0.15, 0.2) is 0 Å². The molecule has 1 fully saturated rings. The highest BCUT2D eigenvalue weighted by atomic mass is 15.1. The quantitative estimate of drug-likeness (QED) is 0.865. The van der Waals surface area contributed by atoms with E-state index in [1.165, 1.54) is 40.9 Å². The number of aryl methyl sites for hydroxylation is 2. The van der Waals surface area contributed by atoms with E-state index in [2.05, 4.69) is 53.6 Å². The van der Waals surface area contributed by atoms with Crippen molar-refractivity contribution in [2.24, 2.45) is 0 Å². The number of hydrogen-bond donors (Lipinski definition) is 2. The summed E-state index contributed by atoms with van der Waals surface area (Å²) < 4.78 is 0. The van der Waals surface area contributed by atoms with Crippen LogP contribution < -0.4 is 5.32 Å². The zero-order valence-electron chi connectivity index (χ0n) is 11.7. The molecule has 1 saturated heterocycles. The van der Waals surface area contributed by atoms with Crippen LogP contribution >= 0.6 is 0 Å². The summed E-state index contributed by atoms with van der Waals surface area (Å²) >= 11 is 0. The van der Waals surface area contributed by atoms with Crippen LogP contribution in [-0.4, -0.2) is 23.3 Å². The van der Waals surface area contributed by atoms with E-state index in [0.717, 1.165) is 13.1 Å². The van der Waals surface area contributed by atoms with E-state index < -0.39 is 0 Å². The first-order valence-electron chi connectivity index (χ1n) is 7.09. The van der Waals surface area contributed by atoms with E-state index in [-0.39, 0.29) is 0 Å². The average Bonchev–Trinajstić information content (AvgIpc) is 2.82. The van der Waals surface area contributed by atoms with Gasteiger partial charge in [-0.25, -0.2) is 0 Å². The molecule has 1 aromatic heterocycles. The van der Waals surface area contributed by atoms with Crippen molar-refractivity contribution in [3.8, 4) is 11.1 Å². The summed E-state index contributed by atoms with van der Waals surface area (Å²) in [5.74, 6) is 0.535. The molecule has 100 valence electrons. The van der Waals surface area contributed by atoms with Crippen molar-refractivity contribution in [1.29, 1.82) is 0 Å². The second-order valence-corrected chi connectivity index (χ2v) is 5.47. The van der Waals surface area contributed by atoms with E-state index in [1.54, 1.807) is 0 Å². The molecule has 1 atom stereocenters. The van der Waals surface area contributed by atoms with Gasteiger partial charge in [-0.2, -0.15) is 5.10 Å². The number of hydrogen-bond acceptors (Lipinski definition) is 2. The van der Waals surface area contributed by atoms with Crippen LogP contribution in [0.2, 0.25) is 0 Å². The second kappa shape index (κ2) is 5.17. The molecule has 1 aliphatic heterocycles. The number of nitrogens with zero attached hydrogens (tertiary/aromatic N) is 1. The summed E-state index contributed by atoms with van der Waals surface area (Å²) in [6.45, 7) is 6.47. The summed E-state index contributed by atoms with van der Waals surface area (Å²) in [7, 11) is 0. The molecule has 1 aliphatic rings. The third-order valence-electron chi connectivity index (χ3n) is 4.07. The lowest BCUT2D eigenvalue weighted by atomic mass is 9.89. The Kier molecular flexibility index (Phi) is 3.38. The molecule has 1 unspecified atom stereocenters. The van der Waals surface area contributed by atoms with E-state index >= 15 is 0 Å². The molecular weight excluding hydrogens is 234 g/mol. The SMILES string of the molecule is Cc1ccccc1-c1c(C2CCCNC2)n[nH]c1C. The van der Waals surface area contributed by atoms with Crippen molar-refractivity contribution < 1.29 is 0 Å². The van der Waals surface area contributed by atoms with Gasteiger partial charge in [-0.1, -0.05) is 24.3 Å². The topological polar surface area (TPSA) is 40.7 Å². The average molecular weight is 255 g/mol. The standard InChI is InChI=1S/C16H21N3/c1-11-6-3-4-8-14(11)15-12(2)18-19-16(15)13-7-5-9-17-10-13/h3-4,6,8,13,17H,5,7,9-10H2,1-2H3,(H,18,19). The first kappa shape index (κ1) is 12.4. The lowest BCUT2D eigenvalue weighted by Gasteiger charge is -2.22. The Bertz CT molecular complexity index is 565. The smallest absolute Gasteiger partial charge is 0.0746 e.